The molecule has 0 spiro atoms. The van der Waals surface area contributed by atoms with Crippen molar-refractivity contribution in [1.82, 2.24) is 4.98 Å². The molecule has 0 bridgehead atoms. The van der Waals surface area contributed by atoms with Gasteiger partial charge in [0.1, 0.15) is 0 Å². The van der Waals surface area contributed by atoms with Crippen molar-refractivity contribution < 1.29 is 9.53 Å². The second-order valence-electron chi connectivity index (χ2n) is 5.53. The lowest BCUT2D eigenvalue weighted by Gasteiger charge is -2.13. The van der Waals surface area contributed by atoms with Crippen molar-refractivity contribution in [2.75, 3.05) is 7.11 Å². The zero-order chi connectivity index (χ0) is 20.6. The number of nitrogens with zero attached hydrogens (tertiary/aromatic N) is 1. The van der Waals surface area contributed by atoms with Crippen LogP contribution in [0.4, 0.5) is 0 Å². The first kappa shape index (κ1) is 21.5. The van der Waals surface area contributed by atoms with Crippen molar-refractivity contribution in [2.24, 2.45) is 0 Å². The van der Waals surface area contributed by atoms with Crippen molar-refractivity contribution in [3.63, 3.8) is 0 Å². The standard InChI is InChI=1S/C19H9Cl6NO2/c1-28-19(27)10-4-7-13(8-2-5-11(20)16(24)14(8)22)26-18(10)9-3-6-12(21)17(25)15(9)23/h2-7H,1H3. The number of rotatable bonds is 3. The molecule has 0 N–H and O–H groups in total. The fraction of sp³-hybridized carbons (Fsp3) is 0.0526. The number of benzene rings is 2. The summed E-state index contributed by atoms with van der Waals surface area (Å²) in [6.45, 7) is 0. The van der Waals surface area contributed by atoms with Gasteiger partial charge in [-0.15, -0.1) is 0 Å². The SMILES string of the molecule is COC(=O)c1ccc(-c2ccc(Cl)c(Cl)c2Cl)nc1-c1ccc(Cl)c(Cl)c1Cl. The van der Waals surface area contributed by atoms with E-state index < -0.39 is 5.97 Å². The zero-order valence-electron chi connectivity index (χ0n) is 14.0. The fourth-order valence-electron chi connectivity index (χ4n) is 2.52. The van der Waals surface area contributed by atoms with Crippen LogP contribution >= 0.6 is 69.6 Å². The number of carbonyl (C=O) groups excluding carboxylic acids is 1. The van der Waals surface area contributed by atoms with Crippen molar-refractivity contribution in [2.45, 2.75) is 0 Å². The summed E-state index contributed by atoms with van der Waals surface area (Å²) < 4.78 is 4.85. The predicted molar refractivity (Wildman–Crippen MR) is 117 cm³/mol. The topological polar surface area (TPSA) is 39.2 Å². The van der Waals surface area contributed by atoms with Gasteiger partial charge >= 0.3 is 5.97 Å². The van der Waals surface area contributed by atoms with Crippen LogP contribution in [0.3, 0.4) is 0 Å². The number of carbonyl (C=O) groups is 1. The minimum atomic E-state index is -0.587. The Morgan fingerprint density at radius 2 is 1.29 bits per heavy atom. The van der Waals surface area contributed by atoms with Gasteiger partial charge in [0.25, 0.3) is 0 Å². The summed E-state index contributed by atoms with van der Waals surface area (Å²) in [5.74, 6) is -0.587. The number of hydrogen-bond donors (Lipinski definition) is 0. The van der Waals surface area contributed by atoms with Crippen LogP contribution in [0.25, 0.3) is 22.5 Å². The van der Waals surface area contributed by atoms with Crippen molar-refractivity contribution in [1.29, 1.82) is 0 Å². The van der Waals surface area contributed by atoms with Crippen LogP contribution in [0.15, 0.2) is 36.4 Å². The van der Waals surface area contributed by atoms with Crippen LogP contribution in [0.2, 0.25) is 30.1 Å². The summed E-state index contributed by atoms with van der Waals surface area (Å²) in [5, 5.41) is 1.33. The number of ether oxygens (including phenoxy) is 1. The summed E-state index contributed by atoms with van der Waals surface area (Å²) in [6, 6.07) is 9.63. The first-order valence-corrected chi connectivity index (χ1v) is 9.90. The van der Waals surface area contributed by atoms with Gasteiger partial charge in [-0.1, -0.05) is 69.6 Å². The highest BCUT2D eigenvalue weighted by atomic mass is 35.5. The van der Waals surface area contributed by atoms with Crippen LogP contribution in [-0.4, -0.2) is 18.1 Å². The van der Waals surface area contributed by atoms with Gasteiger partial charge in [0.2, 0.25) is 0 Å². The maximum atomic E-state index is 12.3. The maximum Gasteiger partial charge on any atom is 0.340 e. The first-order valence-electron chi connectivity index (χ1n) is 7.63. The van der Waals surface area contributed by atoms with Crippen LogP contribution in [-0.2, 0) is 4.74 Å². The van der Waals surface area contributed by atoms with Crippen LogP contribution in [0.1, 0.15) is 10.4 Å². The van der Waals surface area contributed by atoms with Crippen LogP contribution in [0.5, 0.6) is 0 Å². The van der Waals surface area contributed by atoms with E-state index in [2.05, 4.69) is 4.98 Å². The van der Waals surface area contributed by atoms with E-state index in [4.69, 9.17) is 74.3 Å². The van der Waals surface area contributed by atoms with Gasteiger partial charge in [-0.05, 0) is 36.4 Å². The average molecular weight is 496 g/mol. The van der Waals surface area contributed by atoms with Crippen molar-refractivity contribution >= 4 is 75.6 Å². The molecule has 28 heavy (non-hydrogen) atoms. The second kappa shape index (κ2) is 8.66. The molecule has 0 aliphatic rings. The lowest BCUT2D eigenvalue weighted by Crippen LogP contribution is -2.06. The molecule has 0 fully saturated rings. The van der Waals surface area contributed by atoms with Crippen LogP contribution < -0.4 is 0 Å². The molecule has 3 aromatic rings. The lowest BCUT2D eigenvalue weighted by molar-refractivity contribution is 0.0601. The first-order chi connectivity index (χ1) is 13.3. The van der Waals surface area contributed by atoms with Crippen LogP contribution in [0, 0.1) is 0 Å². The summed E-state index contributed by atoms with van der Waals surface area (Å²) in [6.07, 6.45) is 0. The minimum absolute atomic E-state index is 0.149. The smallest absolute Gasteiger partial charge is 0.340 e. The Morgan fingerprint density at radius 3 is 1.86 bits per heavy atom. The normalized spacial score (nSPS) is 10.8. The minimum Gasteiger partial charge on any atom is -0.465 e. The Bertz CT molecular complexity index is 1100. The molecule has 0 aliphatic heterocycles. The van der Waals surface area contributed by atoms with E-state index in [0.29, 0.717) is 21.8 Å². The second-order valence-corrected chi connectivity index (χ2v) is 7.86. The lowest BCUT2D eigenvalue weighted by atomic mass is 10.0. The highest BCUT2D eigenvalue weighted by Gasteiger charge is 2.21. The highest BCUT2D eigenvalue weighted by Crippen LogP contribution is 2.41. The Labute approximate surface area is 191 Å². The summed E-state index contributed by atoms with van der Waals surface area (Å²) in [7, 11) is 1.27. The summed E-state index contributed by atoms with van der Waals surface area (Å²) >= 11 is 37.0. The number of methoxy groups -OCH3 is 1. The molecule has 0 amide bonds. The maximum absolute atomic E-state index is 12.3. The van der Waals surface area contributed by atoms with E-state index >= 15 is 0 Å². The number of esters is 1. The van der Waals surface area contributed by atoms with E-state index in [-0.39, 0.29) is 36.4 Å². The van der Waals surface area contributed by atoms with Gasteiger partial charge in [0, 0.05) is 11.1 Å². The largest absolute Gasteiger partial charge is 0.465 e. The Balaban J connectivity index is 2.29. The third kappa shape index (κ3) is 3.93. The number of pyridine rings is 1. The quantitative estimate of drug-likeness (QED) is 0.272. The van der Waals surface area contributed by atoms with Gasteiger partial charge in [-0.25, -0.2) is 9.78 Å². The molecule has 0 aliphatic carbocycles. The van der Waals surface area contributed by atoms with Crippen molar-refractivity contribution in [3.05, 3.63) is 72.1 Å². The van der Waals surface area contributed by atoms with E-state index in [1.807, 2.05) is 0 Å². The van der Waals surface area contributed by atoms with Gasteiger partial charge in [0.15, 0.2) is 0 Å². The number of hydrogen-bond acceptors (Lipinski definition) is 3. The molecule has 9 heteroatoms. The molecule has 0 saturated heterocycles. The highest BCUT2D eigenvalue weighted by molar-refractivity contribution is 6.50. The third-order valence-electron chi connectivity index (χ3n) is 3.90. The van der Waals surface area contributed by atoms with Gasteiger partial charge in [-0.2, -0.15) is 0 Å². The third-order valence-corrected chi connectivity index (χ3v) is 6.49. The van der Waals surface area contributed by atoms with Gasteiger partial charge in [0.05, 0.1) is 54.2 Å². The Kier molecular flexibility index (Phi) is 6.65. The van der Waals surface area contributed by atoms with Gasteiger partial charge in [-0.3, -0.25) is 0 Å². The van der Waals surface area contributed by atoms with E-state index in [0.717, 1.165) is 0 Å². The number of aromatic nitrogens is 1. The van der Waals surface area contributed by atoms with Crippen molar-refractivity contribution in [3.8, 4) is 22.5 Å². The molecular formula is C19H9Cl6NO2. The fourth-order valence-corrected chi connectivity index (χ4v) is 3.78. The molecule has 1 aromatic heterocycles. The zero-order valence-corrected chi connectivity index (χ0v) is 18.5. The molecule has 0 atom stereocenters. The van der Waals surface area contributed by atoms with E-state index in [1.54, 1.807) is 36.4 Å². The average Bonchev–Trinajstić information content (AvgIpc) is 2.69. The molecule has 1 heterocycles. The molecule has 0 radical (unpaired) electrons. The predicted octanol–water partition coefficient (Wildman–Crippen LogP) is 8.12. The summed E-state index contributed by atoms with van der Waals surface area (Å²) in [4.78, 5) is 16.8. The van der Waals surface area contributed by atoms with E-state index in [1.165, 1.54) is 7.11 Å². The number of halogens is 6. The molecule has 0 saturated carbocycles. The molecule has 3 rings (SSSR count). The van der Waals surface area contributed by atoms with Gasteiger partial charge < -0.3 is 4.74 Å². The molecule has 0 unspecified atom stereocenters. The Morgan fingerprint density at radius 1 is 0.750 bits per heavy atom. The molecule has 3 nitrogen and oxygen atoms in total. The van der Waals surface area contributed by atoms with E-state index in [9.17, 15) is 4.79 Å². The monoisotopic (exact) mass is 493 g/mol. The Hall–Kier alpha value is -1.20. The molecular weight excluding hydrogens is 487 g/mol. The summed E-state index contributed by atoms with van der Waals surface area (Å²) in [5.41, 5.74) is 1.85. The molecule has 2 aromatic carbocycles. The molecule has 144 valence electrons.